The summed E-state index contributed by atoms with van der Waals surface area (Å²) in [6, 6.07) is 5.92. The Morgan fingerprint density at radius 1 is 1.22 bits per heavy atom. The smallest absolute Gasteiger partial charge is 0.325 e. The number of hydroxylamine groups is 1. The summed E-state index contributed by atoms with van der Waals surface area (Å²) in [7, 11) is 0. The van der Waals surface area contributed by atoms with Crippen LogP contribution in [0.5, 0.6) is 0 Å². The van der Waals surface area contributed by atoms with Crippen molar-refractivity contribution < 1.29 is 19.6 Å². The molecule has 0 aliphatic carbocycles. The summed E-state index contributed by atoms with van der Waals surface area (Å²) in [5.41, 5.74) is 3.93. The Hall–Kier alpha value is -2.41. The van der Waals surface area contributed by atoms with E-state index in [0.717, 1.165) is 10.5 Å². The quantitative estimate of drug-likeness (QED) is 0.404. The maximum absolute atomic E-state index is 12.7. The van der Waals surface area contributed by atoms with Gasteiger partial charge in [0.15, 0.2) is 0 Å². The van der Waals surface area contributed by atoms with Crippen LogP contribution in [0.25, 0.3) is 0 Å². The van der Waals surface area contributed by atoms with Crippen LogP contribution in [0.3, 0.4) is 0 Å². The largest absolute Gasteiger partial charge is 0.326 e. The Kier molecular flexibility index (Phi) is 6.26. The average Bonchev–Trinajstić information content (AvgIpc) is 2.87. The van der Waals surface area contributed by atoms with Crippen molar-refractivity contribution in [2.75, 3.05) is 0 Å². The lowest BCUT2D eigenvalue weighted by atomic mass is 9.86. The number of nitrogens with one attached hydrogen (secondary N) is 2. The van der Waals surface area contributed by atoms with E-state index < -0.39 is 29.9 Å². The number of hydrogen-bond acceptors (Lipinski definition) is 4. The number of carbonyl (C=O) groups is 3. The number of amides is 4. The second kappa shape index (κ2) is 8.08. The fraction of sp³-hybridized carbons (Fsp3) is 0.550. The Balaban J connectivity index is 2.05. The minimum Gasteiger partial charge on any atom is -0.326 e. The molecule has 148 valence electrons. The molecule has 27 heavy (non-hydrogen) atoms. The predicted molar refractivity (Wildman–Crippen MR) is 101 cm³/mol. The average molecular weight is 375 g/mol. The zero-order valence-corrected chi connectivity index (χ0v) is 16.6. The number of urea groups is 1. The molecule has 2 unspecified atom stereocenters. The summed E-state index contributed by atoms with van der Waals surface area (Å²) in [6.07, 6.45) is 1.08. The van der Waals surface area contributed by atoms with Crippen molar-refractivity contribution in [1.82, 2.24) is 15.7 Å². The highest BCUT2D eigenvalue weighted by atomic mass is 16.5. The molecule has 1 aromatic rings. The minimum absolute atomic E-state index is 0.0769. The first-order valence-corrected chi connectivity index (χ1v) is 9.23. The van der Waals surface area contributed by atoms with Crippen molar-refractivity contribution in [3.8, 4) is 0 Å². The zero-order valence-electron chi connectivity index (χ0n) is 16.6. The minimum atomic E-state index is -1.04. The summed E-state index contributed by atoms with van der Waals surface area (Å²) >= 11 is 0. The third kappa shape index (κ3) is 4.66. The first kappa shape index (κ1) is 20.9. The fourth-order valence-electron chi connectivity index (χ4n) is 3.27. The van der Waals surface area contributed by atoms with E-state index in [1.54, 1.807) is 19.3 Å². The number of nitrogens with zero attached hydrogens (tertiary/aromatic N) is 1. The molecule has 1 aliphatic heterocycles. The fourth-order valence-corrected chi connectivity index (χ4v) is 3.27. The standard InChI is InChI=1S/C20H29N3O4/c1-12(2)16(17(24)22-27)23-18(25)15(21-19(23)26)11-8-13-6-9-14(10-7-13)20(3,4)5/h6-7,9-10,12,15-16,27H,8,11H2,1-5H3,(H,21,26)(H,22,24). The van der Waals surface area contributed by atoms with Crippen molar-refractivity contribution >= 4 is 17.8 Å². The van der Waals surface area contributed by atoms with E-state index in [2.05, 4.69) is 38.2 Å². The van der Waals surface area contributed by atoms with Gasteiger partial charge in [-0.1, -0.05) is 58.9 Å². The normalized spacial score (nSPS) is 18.6. The maximum Gasteiger partial charge on any atom is 0.325 e. The molecular formula is C20H29N3O4. The van der Waals surface area contributed by atoms with Crippen LogP contribution in [0, 0.1) is 5.92 Å². The molecule has 1 heterocycles. The second-order valence-corrected chi connectivity index (χ2v) is 8.36. The SMILES string of the molecule is CC(C)C(C(=O)NO)N1C(=O)NC(CCc2ccc(C(C)(C)C)cc2)C1=O. The number of hydrogen-bond donors (Lipinski definition) is 3. The molecule has 0 spiro atoms. The van der Waals surface area contributed by atoms with Crippen LogP contribution >= 0.6 is 0 Å². The summed E-state index contributed by atoms with van der Waals surface area (Å²) in [6.45, 7) is 9.88. The highest BCUT2D eigenvalue weighted by molar-refractivity contribution is 6.07. The van der Waals surface area contributed by atoms with Gasteiger partial charge in [0.1, 0.15) is 12.1 Å². The first-order valence-electron chi connectivity index (χ1n) is 9.23. The summed E-state index contributed by atoms with van der Waals surface area (Å²) in [5.74, 6) is -1.53. The van der Waals surface area contributed by atoms with E-state index in [1.165, 1.54) is 5.56 Å². The van der Waals surface area contributed by atoms with E-state index in [-0.39, 0.29) is 11.3 Å². The molecule has 3 N–H and O–H groups in total. The summed E-state index contributed by atoms with van der Waals surface area (Å²) < 4.78 is 0. The van der Waals surface area contributed by atoms with E-state index in [0.29, 0.717) is 12.8 Å². The van der Waals surface area contributed by atoms with Gasteiger partial charge in [0.05, 0.1) is 0 Å². The molecule has 4 amide bonds. The molecule has 1 fully saturated rings. The van der Waals surface area contributed by atoms with Gasteiger partial charge in [0, 0.05) is 0 Å². The van der Waals surface area contributed by atoms with Gasteiger partial charge in [0.25, 0.3) is 11.8 Å². The van der Waals surface area contributed by atoms with Crippen LogP contribution in [-0.4, -0.2) is 40.0 Å². The monoisotopic (exact) mass is 375 g/mol. The number of imide groups is 1. The lowest BCUT2D eigenvalue weighted by Gasteiger charge is -2.26. The molecular weight excluding hydrogens is 346 g/mol. The first-order chi connectivity index (χ1) is 12.6. The molecule has 2 atom stereocenters. The molecule has 1 aromatic carbocycles. The van der Waals surface area contributed by atoms with Crippen molar-refractivity contribution in [1.29, 1.82) is 0 Å². The van der Waals surface area contributed by atoms with Gasteiger partial charge in [-0.2, -0.15) is 0 Å². The van der Waals surface area contributed by atoms with Gasteiger partial charge < -0.3 is 5.32 Å². The van der Waals surface area contributed by atoms with Crippen LogP contribution < -0.4 is 10.8 Å². The molecule has 0 radical (unpaired) electrons. The van der Waals surface area contributed by atoms with Gasteiger partial charge >= 0.3 is 6.03 Å². The van der Waals surface area contributed by atoms with Gasteiger partial charge in [-0.05, 0) is 35.3 Å². The number of carbonyl (C=O) groups excluding carboxylic acids is 3. The van der Waals surface area contributed by atoms with Crippen LogP contribution in [0.15, 0.2) is 24.3 Å². The van der Waals surface area contributed by atoms with Crippen molar-refractivity contribution in [3.63, 3.8) is 0 Å². The topological polar surface area (TPSA) is 98.7 Å². The molecule has 2 rings (SSSR count). The molecule has 0 aromatic heterocycles. The maximum atomic E-state index is 12.7. The molecule has 0 bridgehead atoms. The number of rotatable bonds is 6. The molecule has 1 aliphatic rings. The summed E-state index contributed by atoms with van der Waals surface area (Å²) in [5, 5.41) is 11.6. The van der Waals surface area contributed by atoms with E-state index in [4.69, 9.17) is 5.21 Å². The van der Waals surface area contributed by atoms with Gasteiger partial charge in [-0.15, -0.1) is 0 Å². The Labute approximate surface area is 160 Å². The third-order valence-electron chi connectivity index (χ3n) is 4.88. The van der Waals surface area contributed by atoms with Crippen molar-refractivity contribution in [2.45, 2.75) is 65.0 Å². The number of benzene rings is 1. The summed E-state index contributed by atoms with van der Waals surface area (Å²) in [4.78, 5) is 37.7. The Bertz CT molecular complexity index is 707. The van der Waals surface area contributed by atoms with Crippen molar-refractivity contribution in [2.24, 2.45) is 5.92 Å². The Morgan fingerprint density at radius 2 is 1.81 bits per heavy atom. The van der Waals surface area contributed by atoms with Gasteiger partial charge in [-0.3, -0.25) is 14.8 Å². The van der Waals surface area contributed by atoms with Crippen LogP contribution in [-0.2, 0) is 21.4 Å². The zero-order chi connectivity index (χ0) is 20.4. The Morgan fingerprint density at radius 3 is 2.30 bits per heavy atom. The lowest BCUT2D eigenvalue weighted by Crippen LogP contribution is -2.52. The molecule has 0 saturated carbocycles. The van der Waals surface area contributed by atoms with Crippen LogP contribution in [0.2, 0.25) is 0 Å². The highest BCUT2D eigenvalue weighted by Gasteiger charge is 2.45. The highest BCUT2D eigenvalue weighted by Crippen LogP contribution is 2.23. The van der Waals surface area contributed by atoms with Crippen molar-refractivity contribution in [3.05, 3.63) is 35.4 Å². The second-order valence-electron chi connectivity index (χ2n) is 8.36. The third-order valence-corrected chi connectivity index (χ3v) is 4.88. The van der Waals surface area contributed by atoms with E-state index in [1.807, 2.05) is 12.1 Å². The number of aryl methyl sites for hydroxylation is 1. The van der Waals surface area contributed by atoms with Gasteiger partial charge in [-0.25, -0.2) is 15.2 Å². The molecule has 7 heteroatoms. The molecule has 7 nitrogen and oxygen atoms in total. The van der Waals surface area contributed by atoms with Crippen LogP contribution in [0.4, 0.5) is 4.79 Å². The van der Waals surface area contributed by atoms with Gasteiger partial charge in [0.2, 0.25) is 0 Å². The predicted octanol–water partition coefficient (Wildman–Crippen LogP) is 2.37. The molecule has 1 saturated heterocycles. The lowest BCUT2D eigenvalue weighted by molar-refractivity contribution is -0.142. The van der Waals surface area contributed by atoms with E-state index >= 15 is 0 Å². The van der Waals surface area contributed by atoms with E-state index in [9.17, 15) is 14.4 Å². The van der Waals surface area contributed by atoms with Crippen LogP contribution in [0.1, 0.15) is 52.2 Å².